The molecule has 0 fully saturated rings. The summed E-state index contributed by atoms with van der Waals surface area (Å²) in [5.74, 6) is -1.50. The molecule has 0 amide bonds. The summed E-state index contributed by atoms with van der Waals surface area (Å²) >= 11 is 3.10. The average molecular weight is 265 g/mol. The average Bonchev–Trinajstić information content (AvgIpc) is 1.97. The molecule has 1 aromatic rings. The van der Waals surface area contributed by atoms with E-state index in [1.54, 1.807) is 0 Å². The summed E-state index contributed by atoms with van der Waals surface area (Å²) in [5.41, 5.74) is -0.438. The summed E-state index contributed by atoms with van der Waals surface area (Å²) in [6.45, 7) is 5.50. The highest BCUT2D eigenvalue weighted by atomic mass is 79.9. The molecule has 1 nitrogen and oxygen atoms in total. The van der Waals surface area contributed by atoms with Gasteiger partial charge in [0.1, 0.15) is 11.4 Å². The zero-order valence-corrected chi connectivity index (χ0v) is 9.78. The molecule has 0 saturated carbocycles. The van der Waals surface area contributed by atoms with Crippen LogP contribution >= 0.6 is 15.9 Å². The molecule has 0 bridgehead atoms. The molecule has 0 heterocycles. The van der Waals surface area contributed by atoms with Crippen LogP contribution in [-0.4, -0.2) is 5.60 Å². The minimum Gasteiger partial charge on any atom is -0.487 e. The van der Waals surface area contributed by atoms with Crippen LogP contribution in [0.1, 0.15) is 20.8 Å². The van der Waals surface area contributed by atoms with Crippen LogP contribution in [0.3, 0.4) is 0 Å². The topological polar surface area (TPSA) is 9.23 Å². The van der Waals surface area contributed by atoms with E-state index in [0.29, 0.717) is 10.2 Å². The predicted octanol–water partition coefficient (Wildman–Crippen LogP) is 3.90. The third-order valence-electron chi connectivity index (χ3n) is 1.39. The standard InChI is InChI=1S/C10H11BrF2O/c1-10(2,3)14-9-5-8(13)7(12)4-6(9)11/h4-5H,1-3H3. The van der Waals surface area contributed by atoms with Gasteiger partial charge in [0.15, 0.2) is 11.6 Å². The first-order valence-electron chi connectivity index (χ1n) is 4.13. The lowest BCUT2D eigenvalue weighted by Gasteiger charge is -2.22. The fraction of sp³-hybridized carbons (Fsp3) is 0.400. The van der Waals surface area contributed by atoms with Gasteiger partial charge in [-0.1, -0.05) is 0 Å². The molecule has 0 aliphatic heterocycles. The van der Waals surface area contributed by atoms with Crippen molar-refractivity contribution in [3.63, 3.8) is 0 Å². The van der Waals surface area contributed by atoms with Gasteiger partial charge in [-0.25, -0.2) is 8.78 Å². The maximum atomic E-state index is 12.9. The van der Waals surface area contributed by atoms with E-state index in [1.807, 2.05) is 20.8 Å². The van der Waals surface area contributed by atoms with Gasteiger partial charge in [0.05, 0.1) is 4.47 Å². The van der Waals surface area contributed by atoms with Gasteiger partial charge in [-0.3, -0.25) is 0 Å². The highest BCUT2D eigenvalue weighted by Gasteiger charge is 2.16. The van der Waals surface area contributed by atoms with E-state index in [1.165, 1.54) is 0 Å². The largest absolute Gasteiger partial charge is 0.487 e. The summed E-state index contributed by atoms with van der Waals surface area (Å²) in [4.78, 5) is 0. The Morgan fingerprint density at radius 3 is 2.14 bits per heavy atom. The fourth-order valence-corrected chi connectivity index (χ4v) is 1.31. The van der Waals surface area contributed by atoms with Crippen molar-refractivity contribution in [3.8, 4) is 5.75 Å². The monoisotopic (exact) mass is 264 g/mol. The Morgan fingerprint density at radius 2 is 1.64 bits per heavy atom. The summed E-state index contributed by atoms with van der Waals surface area (Å²) in [6, 6.07) is 2.08. The van der Waals surface area contributed by atoms with Crippen LogP contribution in [0.4, 0.5) is 8.78 Å². The van der Waals surface area contributed by atoms with Crippen molar-refractivity contribution >= 4 is 15.9 Å². The van der Waals surface area contributed by atoms with Gasteiger partial charge in [-0.2, -0.15) is 0 Å². The molecule has 78 valence electrons. The number of hydrogen-bond acceptors (Lipinski definition) is 1. The quantitative estimate of drug-likeness (QED) is 0.699. The van der Waals surface area contributed by atoms with E-state index in [9.17, 15) is 8.78 Å². The van der Waals surface area contributed by atoms with E-state index in [2.05, 4.69) is 15.9 Å². The van der Waals surface area contributed by atoms with Crippen LogP contribution < -0.4 is 4.74 Å². The predicted molar refractivity (Wildman–Crippen MR) is 54.4 cm³/mol. The first-order chi connectivity index (χ1) is 6.29. The Balaban J connectivity index is 3.04. The minimum absolute atomic E-state index is 0.302. The minimum atomic E-state index is -0.910. The number of benzene rings is 1. The van der Waals surface area contributed by atoms with Gasteiger partial charge in [0, 0.05) is 6.07 Å². The maximum Gasteiger partial charge on any atom is 0.162 e. The smallest absolute Gasteiger partial charge is 0.162 e. The molecule has 0 spiro atoms. The van der Waals surface area contributed by atoms with Crippen molar-refractivity contribution in [1.82, 2.24) is 0 Å². The molecular weight excluding hydrogens is 254 g/mol. The Morgan fingerprint density at radius 1 is 1.14 bits per heavy atom. The number of halogens is 3. The Kier molecular flexibility index (Phi) is 3.14. The van der Waals surface area contributed by atoms with Crippen LogP contribution in [0.2, 0.25) is 0 Å². The van der Waals surface area contributed by atoms with Crippen molar-refractivity contribution in [1.29, 1.82) is 0 Å². The van der Waals surface area contributed by atoms with Gasteiger partial charge < -0.3 is 4.74 Å². The zero-order chi connectivity index (χ0) is 10.9. The summed E-state index contributed by atoms with van der Waals surface area (Å²) in [7, 11) is 0. The number of ether oxygens (including phenoxy) is 1. The molecule has 0 aromatic heterocycles. The van der Waals surface area contributed by atoms with Crippen LogP contribution in [0.15, 0.2) is 16.6 Å². The first-order valence-corrected chi connectivity index (χ1v) is 4.92. The summed E-state index contributed by atoms with van der Waals surface area (Å²) in [5, 5.41) is 0. The van der Waals surface area contributed by atoms with E-state index in [-0.39, 0.29) is 0 Å². The van der Waals surface area contributed by atoms with Crippen molar-refractivity contribution < 1.29 is 13.5 Å². The molecule has 4 heteroatoms. The molecule has 0 aliphatic carbocycles. The molecule has 0 atom stereocenters. The second-order valence-corrected chi connectivity index (χ2v) is 4.77. The molecule has 0 N–H and O–H groups in total. The van der Waals surface area contributed by atoms with Gasteiger partial charge in [0.25, 0.3) is 0 Å². The molecule has 0 aliphatic rings. The van der Waals surface area contributed by atoms with Gasteiger partial charge in [-0.05, 0) is 42.8 Å². The van der Waals surface area contributed by atoms with E-state index >= 15 is 0 Å². The molecular formula is C10H11BrF2O. The summed E-state index contributed by atoms with van der Waals surface area (Å²) in [6.07, 6.45) is 0. The maximum absolute atomic E-state index is 12.9. The van der Waals surface area contributed by atoms with E-state index < -0.39 is 17.2 Å². The van der Waals surface area contributed by atoms with Gasteiger partial charge in [0.2, 0.25) is 0 Å². The molecule has 14 heavy (non-hydrogen) atoms. The Hall–Kier alpha value is -0.640. The molecule has 1 rings (SSSR count). The second kappa shape index (κ2) is 3.85. The molecule has 0 radical (unpaired) electrons. The van der Waals surface area contributed by atoms with Gasteiger partial charge in [-0.15, -0.1) is 0 Å². The fourth-order valence-electron chi connectivity index (χ4n) is 0.912. The normalized spacial score (nSPS) is 11.6. The van der Waals surface area contributed by atoms with E-state index in [4.69, 9.17) is 4.74 Å². The van der Waals surface area contributed by atoms with Crippen molar-refractivity contribution in [2.24, 2.45) is 0 Å². The molecule has 0 unspecified atom stereocenters. The highest BCUT2D eigenvalue weighted by Crippen LogP contribution is 2.30. The number of rotatable bonds is 1. The van der Waals surface area contributed by atoms with Crippen LogP contribution in [0.5, 0.6) is 5.75 Å². The Bertz CT molecular complexity index is 345. The zero-order valence-electron chi connectivity index (χ0n) is 8.20. The third kappa shape index (κ3) is 2.94. The summed E-state index contributed by atoms with van der Waals surface area (Å²) < 4.78 is 31.4. The van der Waals surface area contributed by atoms with Crippen molar-refractivity contribution in [2.75, 3.05) is 0 Å². The lowest BCUT2D eigenvalue weighted by atomic mass is 10.2. The Labute approximate surface area is 90.2 Å². The van der Waals surface area contributed by atoms with Gasteiger partial charge >= 0.3 is 0 Å². The third-order valence-corrected chi connectivity index (χ3v) is 2.01. The number of hydrogen-bond donors (Lipinski definition) is 0. The molecule has 1 aromatic carbocycles. The van der Waals surface area contributed by atoms with Crippen LogP contribution in [-0.2, 0) is 0 Å². The van der Waals surface area contributed by atoms with E-state index in [0.717, 1.165) is 12.1 Å². The SMILES string of the molecule is CC(C)(C)Oc1cc(F)c(F)cc1Br. The lowest BCUT2D eigenvalue weighted by molar-refractivity contribution is 0.129. The van der Waals surface area contributed by atoms with Crippen molar-refractivity contribution in [3.05, 3.63) is 28.2 Å². The molecule has 0 saturated heterocycles. The highest BCUT2D eigenvalue weighted by molar-refractivity contribution is 9.10. The lowest BCUT2D eigenvalue weighted by Crippen LogP contribution is -2.23. The van der Waals surface area contributed by atoms with Crippen molar-refractivity contribution in [2.45, 2.75) is 26.4 Å². The second-order valence-electron chi connectivity index (χ2n) is 3.91. The van der Waals surface area contributed by atoms with Crippen LogP contribution in [0.25, 0.3) is 0 Å². The van der Waals surface area contributed by atoms with Crippen LogP contribution in [0, 0.1) is 11.6 Å². The first kappa shape index (κ1) is 11.4.